The SMILES string of the molecule is O=C(CNc1ccccc1S(=O)(=O)C(F)(F)F)NC1CC1. The molecule has 0 spiro atoms. The van der Waals surface area contributed by atoms with E-state index in [9.17, 15) is 26.4 Å². The molecule has 1 aromatic carbocycles. The van der Waals surface area contributed by atoms with Crippen LogP contribution in [0.1, 0.15) is 12.8 Å². The first-order valence-electron chi connectivity index (χ1n) is 6.15. The van der Waals surface area contributed by atoms with Gasteiger partial charge in [-0.3, -0.25) is 4.79 Å². The molecule has 0 radical (unpaired) electrons. The van der Waals surface area contributed by atoms with E-state index in [2.05, 4.69) is 10.6 Å². The molecule has 9 heteroatoms. The summed E-state index contributed by atoms with van der Waals surface area (Å²) in [6, 6.07) is 4.73. The Bertz CT molecular complexity index is 639. The van der Waals surface area contributed by atoms with Crippen molar-refractivity contribution < 1.29 is 26.4 Å². The number of carbonyl (C=O) groups is 1. The first kappa shape index (κ1) is 15.6. The molecule has 1 aromatic rings. The monoisotopic (exact) mass is 322 g/mol. The van der Waals surface area contributed by atoms with Gasteiger partial charge in [-0.25, -0.2) is 8.42 Å². The summed E-state index contributed by atoms with van der Waals surface area (Å²) >= 11 is 0. The first-order chi connectivity index (χ1) is 9.72. The van der Waals surface area contributed by atoms with Gasteiger partial charge < -0.3 is 10.6 Å². The van der Waals surface area contributed by atoms with Gasteiger partial charge in [0.25, 0.3) is 9.84 Å². The van der Waals surface area contributed by atoms with Crippen LogP contribution < -0.4 is 10.6 Å². The number of hydrogen-bond donors (Lipinski definition) is 2. The molecule has 2 N–H and O–H groups in total. The maximum Gasteiger partial charge on any atom is 0.501 e. The second kappa shape index (κ2) is 5.55. The summed E-state index contributed by atoms with van der Waals surface area (Å²) in [4.78, 5) is 10.6. The van der Waals surface area contributed by atoms with Crippen molar-refractivity contribution in [3.63, 3.8) is 0 Å². The minimum Gasteiger partial charge on any atom is -0.375 e. The Morgan fingerprint density at radius 2 is 1.86 bits per heavy atom. The summed E-state index contributed by atoms with van der Waals surface area (Å²) in [5.41, 5.74) is -5.64. The Hall–Kier alpha value is -1.77. The van der Waals surface area contributed by atoms with Crippen LogP contribution >= 0.6 is 0 Å². The molecule has 0 atom stereocenters. The fraction of sp³-hybridized carbons (Fsp3) is 0.417. The van der Waals surface area contributed by atoms with Crippen molar-refractivity contribution >= 4 is 21.4 Å². The molecular formula is C12H13F3N2O3S. The van der Waals surface area contributed by atoms with Crippen molar-refractivity contribution in [2.24, 2.45) is 0 Å². The van der Waals surface area contributed by atoms with Gasteiger partial charge in [-0.05, 0) is 25.0 Å². The van der Waals surface area contributed by atoms with Gasteiger partial charge >= 0.3 is 5.51 Å². The lowest BCUT2D eigenvalue weighted by Crippen LogP contribution is -2.32. The van der Waals surface area contributed by atoms with Gasteiger partial charge in [0.2, 0.25) is 5.91 Å². The van der Waals surface area contributed by atoms with E-state index in [1.807, 2.05) is 0 Å². The Morgan fingerprint density at radius 3 is 2.43 bits per heavy atom. The zero-order valence-electron chi connectivity index (χ0n) is 10.8. The van der Waals surface area contributed by atoms with Crippen molar-refractivity contribution in [2.75, 3.05) is 11.9 Å². The molecule has 1 fully saturated rings. The van der Waals surface area contributed by atoms with Crippen molar-refractivity contribution in [3.8, 4) is 0 Å². The van der Waals surface area contributed by atoms with Crippen LogP contribution in [0.4, 0.5) is 18.9 Å². The fourth-order valence-electron chi connectivity index (χ4n) is 1.65. The van der Waals surface area contributed by atoms with Crippen LogP contribution in [0.5, 0.6) is 0 Å². The predicted molar refractivity (Wildman–Crippen MR) is 69.3 cm³/mol. The number of hydrogen-bond acceptors (Lipinski definition) is 4. The number of para-hydroxylation sites is 1. The maximum absolute atomic E-state index is 12.6. The summed E-state index contributed by atoms with van der Waals surface area (Å²) in [6.07, 6.45) is 1.76. The quantitative estimate of drug-likeness (QED) is 0.865. The van der Waals surface area contributed by atoms with Crippen LogP contribution in [0.15, 0.2) is 29.2 Å². The van der Waals surface area contributed by atoms with E-state index in [1.54, 1.807) is 0 Å². The topological polar surface area (TPSA) is 75.3 Å². The van der Waals surface area contributed by atoms with Gasteiger partial charge in [0, 0.05) is 6.04 Å². The van der Waals surface area contributed by atoms with Crippen LogP contribution in [0.2, 0.25) is 0 Å². The molecule has 0 unspecified atom stereocenters. The van der Waals surface area contributed by atoms with Crippen LogP contribution in [0.3, 0.4) is 0 Å². The smallest absolute Gasteiger partial charge is 0.375 e. The normalized spacial score (nSPS) is 15.6. The molecule has 0 aromatic heterocycles. The van der Waals surface area contributed by atoms with E-state index in [4.69, 9.17) is 0 Å². The van der Waals surface area contributed by atoms with Crippen molar-refractivity contribution in [3.05, 3.63) is 24.3 Å². The molecule has 1 aliphatic rings. The predicted octanol–water partition coefficient (Wildman–Crippen LogP) is 1.67. The van der Waals surface area contributed by atoms with E-state index in [0.29, 0.717) is 0 Å². The van der Waals surface area contributed by atoms with E-state index in [0.717, 1.165) is 18.9 Å². The van der Waals surface area contributed by atoms with Crippen LogP contribution in [0, 0.1) is 0 Å². The van der Waals surface area contributed by atoms with E-state index >= 15 is 0 Å². The zero-order chi connectivity index (χ0) is 15.7. The number of anilines is 1. The molecule has 116 valence electrons. The molecular weight excluding hydrogens is 309 g/mol. The molecule has 0 bridgehead atoms. The molecule has 0 heterocycles. The number of rotatable bonds is 5. The number of benzene rings is 1. The lowest BCUT2D eigenvalue weighted by Gasteiger charge is -2.14. The second-order valence-corrected chi connectivity index (χ2v) is 6.55. The van der Waals surface area contributed by atoms with Crippen LogP contribution in [-0.4, -0.2) is 32.4 Å². The third kappa shape index (κ3) is 3.66. The average Bonchev–Trinajstić information content (AvgIpc) is 3.19. The number of amides is 1. The van der Waals surface area contributed by atoms with Gasteiger partial charge in [0.1, 0.15) is 0 Å². The standard InChI is InChI=1S/C12H13F3N2O3S/c13-12(14,15)21(19,20)10-4-2-1-3-9(10)16-7-11(18)17-8-5-6-8/h1-4,8,16H,5-7H2,(H,17,18). The summed E-state index contributed by atoms with van der Waals surface area (Å²) in [5.74, 6) is -0.392. The summed E-state index contributed by atoms with van der Waals surface area (Å²) in [7, 11) is -5.46. The average molecular weight is 322 g/mol. The Kier molecular flexibility index (Phi) is 4.13. The minimum atomic E-state index is -5.46. The number of halogens is 3. The van der Waals surface area contributed by atoms with Crippen LogP contribution in [0.25, 0.3) is 0 Å². The van der Waals surface area contributed by atoms with E-state index in [-0.39, 0.29) is 18.3 Å². The third-order valence-corrected chi connectivity index (χ3v) is 4.41. The lowest BCUT2D eigenvalue weighted by atomic mass is 10.3. The van der Waals surface area contributed by atoms with Crippen LogP contribution in [-0.2, 0) is 14.6 Å². The van der Waals surface area contributed by atoms with E-state index in [1.165, 1.54) is 18.2 Å². The highest BCUT2D eigenvalue weighted by Crippen LogP contribution is 2.34. The highest BCUT2D eigenvalue weighted by Gasteiger charge is 2.47. The van der Waals surface area contributed by atoms with Crippen molar-refractivity contribution in [1.82, 2.24) is 5.32 Å². The second-order valence-electron chi connectivity index (χ2n) is 4.64. The van der Waals surface area contributed by atoms with Gasteiger partial charge in [0.05, 0.1) is 17.1 Å². The van der Waals surface area contributed by atoms with Gasteiger partial charge in [-0.15, -0.1) is 0 Å². The summed E-state index contributed by atoms with van der Waals surface area (Å²) < 4.78 is 60.6. The molecule has 0 aliphatic heterocycles. The number of nitrogens with one attached hydrogen (secondary N) is 2. The molecule has 2 rings (SSSR count). The fourth-order valence-corrected chi connectivity index (χ4v) is 2.59. The van der Waals surface area contributed by atoms with Crippen molar-refractivity contribution in [1.29, 1.82) is 0 Å². The molecule has 1 aliphatic carbocycles. The number of alkyl halides is 3. The molecule has 21 heavy (non-hydrogen) atoms. The molecule has 1 amide bonds. The van der Waals surface area contributed by atoms with Crippen molar-refractivity contribution in [2.45, 2.75) is 29.3 Å². The Balaban J connectivity index is 2.15. The summed E-state index contributed by atoms with van der Waals surface area (Å²) in [6.45, 7) is -0.291. The third-order valence-electron chi connectivity index (χ3n) is 2.86. The van der Waals surface area contributed by atoms with Gasteiger partial charge in [0.15, 0.2) is 0 Å². The highest BCUT2D eigenvalue weighted by molar-refractivity contribution is 7.92. The number of carbonyl (C=O) groups excluding carboxylic acids is 1. The zero-order valence-corrected chi connectivity index (χ0v) is 11.6. The van der Waals surface area contributed by atoms with Gasteiger partial charge in [-0.2, -0.15) is 13.2 Å². The van der Waals surface area contributed by atoms with E-state index < -0.39 is 26.1 Å². The lowest BCUT2D eigenvalue weighted by molar-refractivity contribution is -0.119. The highest BCUT2D eigenvalue weighted by atomic mass is 32.2. The maximum atomic E-state index is 12.6. The number of sulfone groups is 1. The minimum absolute atomic E-state index is 0.119. The first-order valence-corrected chi connectivity index (χ1v) is 7.64. The summed E-state index contributed by atoms with van der Waals surface area (Å²) in [5, 5.41) is 5.07. The molecule has 5 nitrogen and oxygen atoms in total. The molecule has 0 saturated heterocycles. The van der Waals surface area contributed by atoms with Gasteiger partial charge in [-0.1, -0.05) is 12.1 Å². The molecule has 1 saturated carbocycles. The largest absolute Gasteiger partial charge is 0.501 e. The Labute approximate surface area is 119 Å². The Morgan fingerprint density at radius 1 is 1.24 bits per heavy atom.